The van der Waals surface area contributed by atoms with Crippen molar-refractivity contribution < 1.29 is 14.6 Å². The lowest BCUT2D eigenvalue weighted by atomic mass is 10.1. The van der Waals surface area contributed by atoms with Crippen LogP contribution in [0, 0.1) is 0 Å². The van der Waals surface area contributed by atoms with E-state index in [0.717, 1.165) is 5.56 Å². The lowest BCUT2D eigenvalue weighted by molar-refractivity contribution is 0.0989. The van der Waals surface area contributed by atoms with Crippen LogP contribution in [0.3, 0.4) is 0 Å². The normalized spacial score (nSPS) is 10.2. The second-order valence-corrected chi connectivity index (χ2v) is 3.71. The largest absolute Gasteiger partial charge is 0.475 e. The van der Waals surface area contributed by atoms with Crippen LogP contribution in [0.2, 0.25) is 0 Å². The number of aromatic nitrogens is 2. The van der Waals surface area contributed by atoms with E-state index in [1.165, 1.54) is 6.20 Å². The fourth-order valence-electron chi connectivity index (χ4n) is 1.55. The molecule has 1 amide bonds. The van der Waals surface area contributed by atoms with Crippen molar-refractivity contribution in [3.05, 3.63) is 42.4 Å². The minimum absolute atomic E-state index is 0.0784. The Hall–Kier alpha value is -2.47. The summed E-state index contributed by atoms with van der Waals surface area (Å²) in [5.74, 6) is -0.620. The van der Waals surface area contributed by atoms with Gasteiger partial charge in [-0.2, -0.15) is 4.98 Å². The van der Waals surface area contributed by atoms with Gasteiger partial charge in [-0.1, -0.05) is 30.3 Å². The Bertz CT molecular complexity index is 573. The van der Waals surface area contributed by atoms with Crippen molar-refractivity contribution in [3.63, 3.8) is 0 Å². The smallest absolute Gasteiger partial charge is 0.286 e. The summed E-state index contributed by atoms with van der Waals surface area (Å²) < 4.78 is 5.32. The Kier molecular flexibility index (Phi) is 4.04. The summed E-state index contributed by atoms with van der Waals surface area (Å²) in [5, 5.41) is 8.81. The van der Waals surface area contributed by atoms with Gasteiger partial charge in [-0.05, 0) is 5.56 Å². The van der Waals surface area contributed by atoms with Crippen molar-refractivity contribution in [2.24, 2.45) is 5.73 Å². The Balaban J connectivity index is 2.44. The average molecular weight is 259 g/mol. The number of primary amides is 1. The molecule has 2 rings (SSSR count). The molecule has 98 valence electrons. The molecule has 0 fully saturated rings. The average Bonchev–Trinajstić information content (AvgIpc) is 2.45. The van der Waals surface area contributed by atoms with Crippen molar-refractivity contribution in [2.45, 2.75) is 0 Å². The van der Waals surface area contributed by atoms with Crippen LogP contribution in [0.5, 0.6) is 5.88 Å². The van der Waals surface area contributed by atoms with Gasteiger partial charge in [0, 0.05) is 6.20 Å². The summed E-state index contributed by atoms with van der Waals surface area (Å²) >= 11 is 0. The number of aliphatic hydroxyl groups is 1. The topological polar surface area (TPSA) is 98.3 Å². The number of benzene rings is 1. The van der Waals surface area contributed by atoms with Gasteiger partial charge in [-0.3, -0.25) is 4.79 Å². The first kappa shape index (κ1) is 13.0. The molecule has 0 atom stereocenters. The van der Waals surface area contributed by atoms with Crippen molar-refractivity contribution in [2.75, 3.05) is 13.2 Å². The number of hydrogen-bond donors (Lipinski definition) is 2. The molecule has 1 aromatic heterocycles. The zero-order valence-electron chi connectivity index (χ0n) is 10.1. The first-order valence-electron chi connectivity index (χ1n) is 5.68. The van der Waals surface area contributed by atoms with E-state index < -0.39 is 5.91 Å². The third-order valence-corrected chi connectivity index (χ3v) is 2.39. The van der Waals surface area contributed by atoms with Gasteiger partial charge < -0.3 is 15.6 Å². The number of rotatable bonds is 5. The molecule has 0 bridgehead atoms. The maximum absolute atomic E-state index is 11.1. The molecule has 0 aliphatic carbocycles. The molecule has 0 saturated carbocycles. The number of hydrogen-bond acceptors (Lipinski definition) is 5. The first-order chi connectivity index (χ1) is 9.22. The highest BCUT2D eigenvalue weighted by molar-refractivity contribution is 5.89. The quantitative estimate of drug-likeness (QED) is 0.819. The molecule has 3 N–H and O–H groups in total. The predicted octanol–water partition coefficient (Wildman–Crippen LogP) is 0.614. The van der Waals surface area contributed by atoms with Gasteiger partial charge in [0.15, 0.2) is 0 Å². The van der Waals surface area contributed by atoms with Crippen LogP contribution in [0.1, 0.15) is 10.6 Å². The number of carbonyl (C=O) groups is 1. The summed E-state index contributed by atoms with van der Waals surface area (Å²) in [4.78, 5) is 18.9. The molecule has 0 aliphatic rings. The summed E-state index contributed by atoms with van der Waals surface area (Å²) in [5.41, 5.74) is 6.62. The highest BCUT2D eigenvalue weighted by Gasteiger charge is 2.13. The zero-order valence-corrected chi connectivity index (χ0v) is 10.1. The molecule has 6 heteroatoms. The van der Waals surface area contributed by atoms with E-state index >= 15 is 0 Å². The lowest BCUT2D eigenvalue weighted by Gasteiger charge is -2.10. The maximum Gasteiger partial charge on any atom is 0.286 e. The van der Waals surface area contributed by atoms with E-state index in [2.05, 4.69) is 9.97 Å². The van der Waals surface area contributed by atoms with E-state index in [4.69, 9.17) is 15.6 Å². The summed E-state index contributed by atoms with van der Waals surface area (Å²) in [6.07, 6.45) is 1.48. The van der Waals surface area contributed by atoms with Crippen molar-refractivity contribution in [1.82, 2.24) is 9.97 Å². The molecule has 1 aromatic carbocycles. The summed E-state index contributed by atoms with van der Waals surface area (Å²) in [6.45, 7) is -0.0703. The monoisotopic (exact) mass is 259 g/mol. The van der Waals surface area contributed by atoms with E-state index in [9.17, 15) is 4.79 Å². The molecule has 0 spiro atoms. The molecule has 0 unspecified atom stereocenters. The summed E-state index contributed by atoms with van der Waals surface area (Å²) in [6, 6.07) is 9.36. The SMILES string of the molecule is NC(=O)c1ncc(-c2ccccc2)c(OCCO)n1. The fourth-order valence-corrected chi connectivity index (χ4v) is 1.55. The predicted molar refractivity (Wildman–Crippen MR) is 68.6 cm³/mol. The molecule has 19 heavy (non-hydrogen) atoms. The van der Waals surface area contributed by atoms with E-state index in [-0.39, 0.29) is 24.9 Å². The highest BCUT2D eigenvalue weighted by atomic mass is 16.5. The Labute approximate surface area is 109 Å². The second-order valence-electron chi connectivity index (χ2n) is 3.71. The molecule has 1 heterocycles. The molecule has 6 nitrogen and oxygen atoms in total. The fraction of sp³-hybridized carbons (Fsp3) is 0.154. The van der Waals surface area contributed by atoms with Crippen LogP contribution >= 0.6 is 0 Å². The molecule has 0 saturated heterocycles. The van der Waals surface area contributed by atoms with E-state index in [1.54, 1.807) is 0 Å². The Morgan fingerprint density at radius 2 is 2.05 bits per heavy atom. The van der Waals surface area contributed by atoms with Gasteiger partial charge in [0.1, 0.15) is 6.61 Å². The number of ether oxygens (including phenoxy) is 1. The number of aliphatic hydroxyl groups excluding tert-OH is 1. The van der Waals surface area contributed by atoms with E-state index in [1.807, 2.05) is 30.3 Å². The highest BCUT2D eigenvalue weighted by Crippen LogP contribution is 2.27. The van der Waals surface area contributed by atoms with Gasteiger partial charge in [0.2, 0.25) is 11.7 Å². The maximum atomic E-state index is 11.1. The van der Waals surface area contributed by atoms with Crippen molar-refractivity contribution in [1.29, 1.82) is 0 Å². The number of amides is 1. The summed E-state index contributed by atoms with van der Waals surface area (Å²) in [7, 11) is 0. The molecular weight excluding hydrogens is 246 g/mol. The first-order valence-corrected chi connectivity index (χ1v) is 5.68. The second kappa shape index (κ2) is 5.92. The van der Waals surface area contributed by atoms with Gasteiger partial charge >= 0.3 is 0 Å². The lowest BCUT2D eigenvalue weighted by Crippen LogP contribution is -2.16. The van der Waals surface area contributed by atoms with Crippen LogP contribution in [0.25, 0.3) is 11.1 Å². The van der Waals surface area contributed by atoms with Crippen LogP contribution in [0.4, 0.5) is 0 Å². The van der Waals surface area contributed by atoms with Crippen LogP contribution in [-0.4, -0.2) is 34.2 Å². The molecule has 2 aromatic rings. The number of carbonyl (C=O) groups excluding carboxylic acids is 1. The Morgan fingerprint density at radius 1 is 1.32 bits per heavy atom. The van der Waals surface area contributed by atoms with Crippen LogP contribution in [-0.2, 0) is 0 Å². The minimum atomic E-state index is -0.728. The van der Waals surface area contributed by atoms with Gasteiger partial charge in [-0.25, -0.2) is 4.98 Å². The standard InChI is InChI=1S/C13H13N3O3/c14-11(18)12-15-8-10(9-4-2-1-3-5-9)13(16-12)19-7-6-17/h1-5,8,17H,6-7H2,(H2,14,18). The third-order valence-electron chi connectivity index (χ3n) is 2.39. The molecular formula is C13H13N3O3. The number of nitrogens with zero attached hydrogens (tertiary/aromatic N) is 2. The number of nitrogens with two attached hydrogens (primary N) is 1. The van der Waals surface area contributed by atoms with Gasteiger partial charge in [0.25, 0.3) is 5.91 Å². The zero-order chi connectivity index (χ0) is 13.7. The third kappa shape index (κ3) is 3.05. The van der Waals surface area contributed by atoms with Crippen molar-refractivity contribution in [3.8, 4) is 17.0 Å². The molecule has 0 radical (unpaired) electrons. The van der Waals surface area contributed by atoms with Crippen molar-refractivity contribution >= 4 is 5.91 Å². The van der Waals surface area contributed by atoms with Crippen LogP contribution in [0.15, 0.2) is 36.5 Å². The molecule has 0 aliphatic heterocycles. The Morgan fingerprint density at radius 3 is 2.68 bits per heavy atom. The van der Waals surface area contributed by atoms with Gasteiger partial charge in [-0.15, -0.1) is 0 Å². The van der Waals surface area contributed by atoms with Crippen LogP contribution < -0.4 is 10.5 Å². The minimum Gasteiger partial charge on any atom is -0.475 e. The van der Waals surface area contributed by atoms with Gasteiger partial charge in [0.05, 0.1) is 12.2 Å². The van der Waals surface area contributed by atoms with E-state index in [0.29, 0.717) is 5.56 Å².